The second kappa shape index (κ2) is 6.46. The second-order valence-corrected chi connectivity index (χ2v) is 7.71. The van der Waals surface area contributed by atoms with E-state index in [1.165, 1.54) is 4.31 Å². The van der Waals surface area contributed by atoms with Gasteiger partial charge in [-0.2, -0.15) is 4.31 Å². The van der Waals surface area contributed by atoms with E-state index in [0.29, 0.717) is 29.4 Å². The molecule has 7 heteroatoms. The highest BCUT2D eigenvalue weighted by Gasteiger charge is 2.40. The van der Waals surface area contributed by atoms with Gasteiger partial charge in [0.15, 0.2) is 0 Å². The van der Waals surface area contributed by atoms with Crippen LogP contribution in [0.5, 0.6) is 0 Å². The first-order valence-corrected chi connectivity index (χ1v) is 9.06. The molecular weight excluding hydrogens is 358 g/mol. The van der Waals surface area contributed by atoms with Crippen molar-refractivity contribution in [3.63, 3.8) is 0 Å². The van der Waals surface area contributed by atoms with Gasteiger partial charge in [-0.3, -0.25) is 4.79 Å². The average molecular weight is 376 g/mol. The lowest BCUT2D eigenvalue weighted by Crippen LogP contribution is -2.41. The third-order valence-corrected chi connectivity index (χ3v) is 6.04. The topological polar surface area (TPSA) is 63.7 Å². The molecule has 0 aliphatic carbocycles. The molecule has 0 amide bonds. The van der Waals surface area contributed by atoms with Gasteiger partial charge in [0.05, 0.1) is 11.5 Å². The zero-order valence-electron chi connectivity index (χ0n) is 12.0. The molecule has 21 heavy (non-hydrogen) atoms. The molecule has 116 valence electrons. The van der Waals surface area contributed by atoms with Crippen LogP contribution in [0.3, 0.4) is 0 Å². The molecule has 2 rings (SSSR count). The minimum Gasteiger partial charge on any atom is -0.465 e. The maximum atomic E-state index is 12.8. The lowest BCUT2D eigenvalue weighted by Gasteiger charge is -2.23. The van der Waals surface area contributed by atoms with Crippen molar-refractivity contribution in [3.05, 3.63) is 28.2 Å². The number of esters is 1. The van der Waals surface area contributed by atoms with Crippen LogP contribution in [0.1, 0.15) is 25.3 Å². The molecule has 1 aliphatic heterocycles. The van der Waals surface area contributed by atoms with Crippen molar-refractivity contribution in [1.29, 1.82) is 0 Å². The number of aryl methyl sites for hydroxylation is 1. The smallest absolute Gasteiger partial charge is 0.324 e. The number of benzene rings is 1. The molecule has 1 unspecified atom stereocenters. The van der Waals surface area contributed by atoms with Crippen molar-refractivity contribution in [2.75, 3.05) is 13.2 Å². The SMILES string of the molecule is CCOC(=O)C1CCCN1S(=O)(=O)c1cc(Br)ccc1C. The van der Waals surface area contributed by atoms with E-state index in [4.69, 9.17) is 4.74 Å². The number of ether oxygens (including phenoxy) is 1. The maximum absolute atomic E-state index is 12.8. The van der Waals surface area contributed by atoms with Crippen molar-refractivity contribution in [1.82, 2.24) is 4.31 Å². The third kappa shape index (κ3) is 3.30. The fourth-order valence-electron chi connectivity index (χ4n) is 2.48. The fraction of sp³-hybridized carbons (Fsp3) is 0.500. The highest BCUT2D eigenvalue weighted by Crippen LogP contribution is 2.30. The molecule has 0 radical (unpaired) electrons. The quantitative estimate of drug-likeness (QED) is 0.758. The van der Waals surface area contributed by atoms with E-state index in [1.807, 2.05) is 0 Å². The summed E-state index contributed by atoms with van der Waals surface area (Å²) in [6, 6.07) is 4.40. The summed E-state index contributed by atoms with van der Waals surface area (Å²) >= 11 is 3.29. The average Bonchev–Trinajstić information content (AvgIpc) is 2.92. The van der Waals surface area contributed by atoms with Gasteiger partial charge in [-0.15, -0.1) is 0 Å². The van der Waals surface area contributed by atoms with Gasteiger partial charge in [0.2, 0.25) is 10.0 Å². The number of hydrogen-bond acceptors (Lipinski definition) is 4. The highest BCUT2D eigenvalue weighted by molar-refractivity contribution is 9.10. The first-order chi connectivity index (χ1) is 9.87. The van der Waals surface area contributed by atoms with E-state index in [9.17, 15) is 13.2 Å². The van der Waals surface area contributed by atoms with E-state index in [-0.39, 0.29) is 11.5 Å². The summed E-state index contributed by atoms with van der Waals surface area (Å²) in [6.45, 7) is 4.05. The van der Waals surface area contributed by atoms with Crippen LogP contribution in [0.2, 0.25) is 0 Å². The van der Waals surface area contributed by atoms with Gasteiger partial charge in [-0.1, -0.05) is 22.0 Å². The van der Waals surface area contributed by atoms with E-state index in [2.05, 4.69) is 15.9 Å². The molecule has 1 aliphatic rings. The summed E-state index contributed by atoms with van der Waals surface area (Å²) in [4.78, 5) is 12.2. The molecule has 0 spiro atoms. The van der Waals surface area contributed by atoms with Crippen molar-refractivity contribution in [2.45, 2.75) is 37.6 Å². The predicted molar refractivity (Wildman–Crippen MR) is 82.4 cm³/mol. The Bertz CT molecular complexity index is 644. The predicted octanol–water partition coefficient (Wildman–Crippen LogP) is 2.47. The van der Waals surface area contributed by atoms with Gasteiger partial charge >= 0.3 is 5.97 Å². The molecule has 0 N–H and O–H groups in total. The van der Waals surface area contributed by atoms with Crippen LogP contribution < -0.4 is 0 Å². The van der Waals surface area contributed by atoms with Gasteiger partial charge in [-0.05, 0) is 44.4 Å². The summed E-state index contributed by atoms with van der Waals surface area (Å²) in [7, 11) is -3.70. The van der Waals surface area contributed by atoms with Crippen LogP contribution in [0.4, 0.5) is 0 Å². The monoisotopic (exact) mass is 375 g/mol. The Morgan fingerprint density at radius 2 is 2.19 bits per heavy atom. The Hall–Kier alpha value is -0.920. The van der Waals surface area contributed by atoms with Crippen molar-refractivity contribution in [3.8, 4) is 0 Å². The van der Waals surface area contributed by atoms with Crippen LogP contribution in [-0.4, -0.2) is 37.9 Å². The first-order valence-electron chi connectivity index (χ1n) is 6.82. The summed E-state index contributed by atoms with van der Waals surface area (Å²) in [5.41, 5.74) is 0.660. The molecule has 1 atom stereocenters. The lowest BCUT2D eigenvalue weighted by atomic mass is 10.2. The number of rotatable bonds is 4. The van der Waals surface area contributed by atoms with Crippen molar-refractivity contribution < 1.29 is 17.9 Å². The molecule has 1 heterocycles. The Balaban J connectivity index is 2.38. The molecule has 1 aromatic carbocycles. The molecule has 1 saturated heterocycles. The van der Waals surface area contributed by atoms with Crippen LogP contribution in [0.15, 0.2) is 27.6 Å². The fourth-order valence-corrected chi connectivity index (χ4v) is 4.89. The summed E-state index contributed by atoms with van der Waals surface area (Å²) < 4.78 is 32.6. The molecule has 1 fully saturated rings. The minimum atomic E-state index is -3.70. The standard InChI is InChI=1S/C14H18BrNO4S/c1-3-20-14(17)12-5-4-8-16(12)21(18,19)13-9-11(15)7-6-10(13)2/h6-7,9,12H,3-5,8H2,1-2H3. The zero-order chi connectivity index (χ0) is 15.6. The lowest BCUT2D eigenvalue weighted by molar-refractivity contribution is -0.146. The normalized spacial score (nSPS) is 19.7. The maximum Gasteiger partial charge on any atom is 0.324 e. The number of carbonyl (C=O) groups excluding carboxylic acids is 1. The Kier molecular flexibility index (Phi) is 5.06. The van der Waals surface area contributed by atoms with Crippen LogP contribution in [0, 0.1) is 6.92 Å². The number of halogens is 1. The van der Waals surface area contributed by atoms with E-state index < -0.39 is 22.0 Å². The molecule has 0 saturated carbocycles. The van der Waals surface area contributed by atoms with E-state index >= 15 is 0 Å². The minimum absolute atomic E-state index is 0.230. The first kappa shape index (κ1) is 16.5. The van der Waals surface area contributed by atoms with Gasteiger partial charge < -0.3 is 4.74 Å². The molecule has 1 aromatic rings. The zero-order valence-corrected chi connectivity index (χ0v) is 14.4. The molecule has 0 bridgehead atoms. The van der Waals surface area contributed by atoms with Gasteiger partial charge in [0.25, 0.3) is 0 Å². The molecule has 0 aromatic heterocycles. The van der Waals surface area contributed by atoms with Crippen molar-refractivity contribution in [2.24, 2.45) is 0 Å². The molecule has 5 nitrogen and oxygen atoms in total. The number of hydrogen-bond donors (Lipinski definition) is 0. The number of sulfonamides is 1. The largest absolute Gasteiger partial charge is 0.465 e. The van der Waals surface area contributed by atoms with Gasteiger partial charge in [-0.25, -0.2) is 8.42 Å². The van der Waals surface area contributed by atoms with Crippen molar-refractivity contribution >= 4 is 31.9 Å². The van der Waals surface area contributed by atoms with Crippen LogP contribution >= 0.6 is 15.9 Å². The number of carbonyl (C=O) groups is 1. The number of nitrogens with zero attached hydrogens (tertiary/aromatic N) is 1. The van der Waals surface area contributed by atoms with Crippen LogP contribution in [0.25, 0.3) is 0 Å². The summed E-state index contributed by atoms with van der Waals surface area (Å²) in [5.74, 6) is -0.466. The van der Waals surface area contributed by atoms with Crippen LogP contribution in [-0.2, 0) is 19.6 Å². The summed E-state index contributed by atoms with van der Waals surface area (Å²) in [6.07, 6.45) is 1.17. The molecular formula is C14H18BrNO4S. The Labute approximate surface area is 133 Å². The summed E-state index contributed by atoms with van der Waals surface area (Å²) in [5, 5.41) is 0. The Morgan fingerprint density at radius 1 is 1.48 bits per heavy atom. The second-order valence-electron chi connectivity index (χ2n) is 4.94. The highest BCUT2D eigenvalue weighted by atomic mass is 79.9. The Morgan fingerprint density at radius 3 is 2.86 bits per heavy atom. The van der Waals surface area contributed by atoms with E-state index in [1.54, 1.807) is 32.0 Å². The van der Waals surface area contributed by atoms with E-state index in [0.717, 1.165) is 0 Å². The van der Waals surface area contributed by atoms with Gasteiger partial charge in [0, 0.05) is 11.0 Å². The third-order valence-electron chi connectivity index (χ3n) is 3.50. The van der Waals surface area contributed by atoms with Gasteiger partial charge in [0.1, 0.15) is 6.04 Å².